The second-order valence-electron chi connectivity index (χ2n) is 4.41. The van der Waals surface area contributed by atoms with Crippen LogP contribution in [-0.4, -0.2) is 21.4 Å². The highest BCUT2D eigenvalue weighted by Gasteiger charge is 2.14. The van der Waals surface area contributed by atoms with Crippen molar-refractivity contribution in [3.63, 3.8) is 0 Å². The summed E-state index contributed by atoms with van der Waals surface area (Å²) in [6, 6.07) is 5.32. The van der Waals surface area contributed by atoms with E-state index in [-0.39, 0.29) is 11.4 Å². The monoisotopic (exact) mass is 262 g/mol. The Kier molecular flexibility index (Phi) is 4.55. The lowest BCUT2D eigenvalue weighted by molar-refractivity contribution is 0.0777. The number of rotatable bonds is 4. The van der Waals surface area contributed by atoms with Crippen molar-refractivity contribution in [3.05, 3.63) is 17.2 Å². The van der Waals surface area contributed by atoms with Gasteiger partial charge in [0.15, 0.2) is 0 Å². The number of aliphatic hydroxyl groups is 1. The first-order chi connectivity index (χ1) is 8.37. The summed E-state index contributed by atoms with van der Waals surface area (Å²) in [7, 11) is 0. The Balaban J connectivity index is 2.87. The van der Waals surface area contributed by atoms with Crippen LogP contribution in [0.15, 0.2) is 11.1 Å². The predicted molar refractivity (Wildman–Crippen MR) is 69.7 cm³/mol. The standard InChI is InChI=1S/C12H14N4OS/c1-12(2,17)3-4-18-11-9(7-14)5-8(6-13)10(15)16-11/h5,17H,3-4H2,1-2H3,(H2,15,16). The van der Waals surface area contributed by atoms with Crippen molar-refractivity contribution in [2.24, 2.45) is 0 Å². The number of nitriles is 2. The van der Waals surface area contributed by atoms with Crippen LogP contribution in [0.2, 0.25) is 0 Å². The number of aromatic nitrogens is 1. The third kappa shape index (κ3) is 3.92. The van der Waals surface area contributed by atoms with Gasteiger partial charge in [-0.05, 0) is 26.3 Å². The van der Waals surface area contributed by atoms with Gasteiger partial charge in [0.25, 0.3) is 0 Å². The maximum absolute atomic E-state index is 9.59. The largest absolute Gasteiger partial charge is 0.390 e. The molecule has 0 unspecified atom stereocenters. The highest BCUT2D eigenvalue weighted by atomic mass is 32.2. The predicted octanol–water partition coefficient (Wildman–Crippen LogP) is 1.66. The molecule has 0 aliphatic rings. The average Bonchev–Trinajstić information content (AvgIpc) is 2.27. The molecule has 18 heavy (non-hydrogen) atoms. The number of hydrogen-bond acceptors (Lipinski definition) is 6. The molecule has 0 aromatic carbocycles. The van der Waals surface area contributed by atoms with Crippen molar-refractivity contribution in [2.45, 2.75) is 30.9 Å². The van der Waals surface area contributed by atoms with Gasteiger partial charge in [0.2, 0.25) is 0 Å². The van der Waals surface area contributed by atoms with Crippen molar-refractivity contribution in [1.82, 2.24) is 4.98 Å². The summed E-state index contributed by atoms with van der Waals surface area (Å²) in [4.78, 5) is 4.05. The number of nitrogens with zero attached hydrogens (tertiary/aromatic N) is 3. The van der Waals surface area contributed by atoms with Crippen LogP contribution in [-0.2, 0) is 0 Å². The zero-order valence-corrected chi connectivity index (χ0v) is 11.1. The molecule has 1 aromatic rings. The van der Waals surface area contributed by atoms with Crippen LogP contribution in [0.3, 0.4) is 0 Å². The van der Waals surface area contributed by atoms with Crippen molar-refractivity contribution < 1.29 is 5.11 Å². The Labute approximate surface area is 110 Å². The summed E-state index contributed by atoms with van der Waals surface area (Å²) in [5, 5.41) is 27.9. The summed E-state index contributed by atoms with van der Waals surface area (Å²) >= 11 is 1.35. The summed E-state index contributed by atoms with van der Waals surface area (Å²) in [6.45, 7) is 3.44. The molecule has 0 amide bonds. The fourth-order valence-corrected chi connectivity index (χ4v) is 2.40. The van der Waals surface area contributed by atoms with Gasteiger partial charge in [-0.3, -0.25) is 0 Å². The van der Waals surface area contributed by atoms with E-state index in [1.54, 1.807) is 13.8 Å². The Hall–Kier alpha value is -1.76. The van der Waals surface area contributed by atoms with E-state index in [9.17, 15) is 5.11 Å². The lowest BCUT2D eigenvalue weighted by Crippen LogP contribution is -2.19. The first-order valence-electron chi connectivity index (χ1n) is 5.33. The zero-order chi connectivity index (χ0) is 13.8. The maximum Gasteiger partial charge on any atom is 0.142 e. The minimum atomic E-state index is -0.752. The Morgan fingerprint density at radius 1 is 1.39 bits per heavy atom. The first-order valence-corrected chi connectivity index (χ1v) is 6.32. The summed E-state index contributed by atoms with van der Waals surface area (Å²) in [5.41, 5.74) is 5.40. The molecule has 0 spiro atoms. The number of hydrogen-bond donors (Lipinski definition) is 2. The van der Waals surface area contributed by atoms with Gasteiger partial charge in [0.05, 0.1) is 16.7 Å². The van der Waals surface area contributed by atoms with Crippen LogP contribution >= 0.6 is 11.8 Å². The number of thioether (sulfide) groups is 1. The molecule has 1 aromatic heterocycles. The third-order valence-corrected chi connectivity index (χ3v) is 3.20. The van der Waals surface area contributed by atoms with Gasteiger partial charge < -0.3 is 10.8 Å². The molecular weight excluding hydrogens is 248 g/mol. The number of anilines is 1. The van der Waals surface area contributed by atoms with E-state index in [0.717, 1.165) is 0 Å². The minimum absolute atomic E-state index is 0.127. The van der Waals surface area contributed by atoms with Crippen molar-refractivity contribution in [2.75, 3.05) is 11.5 Å². The summed E-state index contributed by atoms with van der Waals surface area (Å²) < 4.78 is 0. The molecule has 0 saturated carbocycles. The third-order valence-electron chi connectivity index (χ3n) is 2.21. The highest BCUT2D eigenvalue weighted by Crippen LogP contribution is 2.25. The minimum Gasteiger partial charge on any atom is -0.390 e. The Bertz CT molecular complexity index is 523. The van der Waals surface area contributed by atoms with Crippen LogP contribution < -0.4 is 5.73 Å². The number of nitrogens with two attached hydrogens (primary N) is 1. The van der Waals surface area contributed by atoms with Crippen molar-refractivity contribution in [1.29, 1.82) is 10.5 Å². The van der Waals surface area contributed by atoms with Gasteiger partial charge in [-0.1, -0.05) is 0 Å². The van der Waals surface area contributed by atoms with Crippen LogP contribution in [0.25, 0.3) is 0 Å². The van der Waals surface area contributed by atoms with Crippen LogP contribution in [0, 0.1) is 22.7 Å². The Morgan fingerprint density at radius 2 is 2.00 bits per heavy atom. The molecule has 0 saturated heterocycles. The van der Waals surface area contributed by atoms with Gasteiger partial charge in [0, 0.05) is 5.75 Å². The molecule has 0 atom stereocenters. The second kappa shape index (κ2) is 5.72. The number of nitrogen functional groups attached to an aromatic ring is 1. The maximum atomic E-state index is 9.59. The highest BCUT2D eigenvalue weighted by molar-refractivity contribution is 7.99. The van der Waals surface area contributed by atoms with E-state index in [2.05, 4.69) is 4.98 Å². The average molecular weight is 262 g/mol. The lowest BCUT2D eigenvalue weighted by Gasteiger charge is -2.16. The SMILES string of the molecule is CC(C)(O)CCSc1nc(N)c(C#N)cc1C#N. The molecule has 0 aliphatic heterocycles. The molecule has 5 nitrogen and oxygen atoms in total. The van der Waals surface area contributed by atoms with E-state index < -0.39 is 5.60 Å². The van der Waals surface area contributed by atoms with Crippen LogP contribution in [0.5, 0.6) is 0 Å². The molecule has 3 N–H and O–H groups in total. The van der Waals surface area contributed by atoms with Crippen molar-refractivity contribution in [3.8, 4) is 12.1 Å². The normalized spacial score (nSPS) is 10.7. The topological polar surface area (TPSA) is 107 Å². The van der Waals surface area contributed by atoms with E-state index >= 15 is 0 Å². The van der Waals surface area contributed by atoms with Crippen molar-refractivity contribution >= 4 is 17.6 Å². The zero-order valence-electron chi connectivity index (χ0n) is 10.3. The fourth-order valence-electron chi connectivity index (χ4n) is 1.19. The summed E-state index contributed by atoms with van der Waals surface area (Å²) in [5.74, 6) is 0.749. The van der Waals surface area contributed by atoms with E-state index in [0.29, 0.717) is 22.8 Å². The molecule has 1 heterocycles. The first kappa shape index (κ1) is 14.3. The molecule has 0 aliphatic carbocycles. The molecule has 94 valence electrons. The lowest BCUT2D eigenvalue weighted by atomic mass is 10.1. The van der Waals surface area contributed by atoms with E-state index in [4.69, 9.17) is 16.3 Å². The molecule has 6 heteroatoms. The van der Waals surface area contributed by atoms with E-state index in [1.165, 1.54) is 17.8 Å². The van der Waals surface area contributed by atoms with Gasteiger partial charge in [-0.2, -0.15) is 10.5 Å². The van der Waals surface area contributed by atoms with Gasteiger partial charge in [-0.15, -0.1) is 11.8 Å². The second-order valence-corrected chi connectivity index (χ2v) is 5.49. The fraction of sp³-hybridized carbons (Fsp3) is 0.417. The quantitative estimate of drug-likeness (QED) is 0.799. The molecule has 1 rings (SSSR count). The van der Waals surface area contributed by atoms with Crippen LogP contribution in [0.1, 0.15) is 31.4 Å². The molecular formula is C12H14N4OS. The van der Waals surface area contributed by atoms with E-state index in [1.807, 2.05) is 12.1 Å². The molecule has 0 bridgehead atoms. The Morgan fingerprint density at radius 3 is 2.50 bits per heavy atom. The smallest absolute Gasteiger partial charge is 0.142 e. The van der Waals surface area contributed by atoms with Gasteiger partial charge in [-0.25, -0.2) is 4.98 Å². The molecule has 0 fully saturated rings. The van der Waals surface area contributed by atoms with Gasteiger partial charge >= 0.3 is 0 Å². The van der Waals surface area contributed by atoms with Crippen LogP contribution in [0.4, 0.5) is 5.82 Å². The summed E-state index contributed by atoms with van der Waals surface area (Å²) in [6.07, 6.45) is 0.574. The molecule has 0 radical (unpaired) electrons. The number of pyridine rings is 1. The van der Waals surface area contributed by atoms with Gasteiger partial charge in [0.1, 0.15) is 23.0 Å².